The van der Waals surface area contributed by atoms with Crippen LogP contribution in [0.4, 0.5) is 5.69 Å². The summed E-state index contributed by atoms with van der Waals surface area (Å²) in [5.74, 6) is -0.0629. The van der Waals surface area contributed by atoms with Gasteiger partial charge in [-0.1, -0.05) is 38.3 Å². The maximum absolute atomic E-state index is 12.0. The van der Waals surface area contributed by atoms with Crippen molar-refractivity contribution in [1.82, 2.24) is 10.3 Å². The number of carbonyl (C=O) groups is 1. The molecule has 0 saturated heterocycles. The van der Waals surface area contributed by atoms with E-state index < -0.39 is 0 Å². The molecule has 4 nitrogen and oxygen atoms in total. The summed E-state index contributed by atoms with van der Waals surface area (Å²) >= 11 is 0. The molecule has 0 saturated carbocycles. The highest BCUT2D eigenvalue weighted by Gasteiger charge is 2.09. The highest BCUT2D eigenvalue weighted by Crippen LogP contribution is 2.20. The minimum absolute atomic E-state index is 0.0629. The number of nitrogen functional groups attached to an aromatic ring is 1. The summed E-state index contributed by atoms with van der Waals surface area (Å²) in [5, 5.41) is 3.90. The monoisotopic (exact) mass is 259 g/mol. The summed E-state index contributed by atoms with van der Waals surface area (Å²) in [5.41, 5.74) is 7.93. The highest BCUT2D eigenvalue weighted by molar-refractivity contribution is 6.00. The number of H-pyrrole nitrogens is 1. The molecule has 0 atom stereocenters. The van der Waals surface area contributed by atoms with Crippen molar-refractivity contribution < 1.29 is 4.79 Å². The van der Waals surface area contributed by atoms with Crippen LogP contribution in [-0.2, 0) is 0 Å². The smallest absolute Gasteiger partial charge is 0.267 e. The first-order chi connectivity index (χ1) is 9.22. The number of aromatic amines is 1. The van der Waals surface area contributed by atoms with Crippen molar-refractivity contribution >= 4 is 22.5 Å². The number of carbonyl (C=O) groups excluding carboxylic acids is 1. The lowest BCUT2D eigenvalue weighted by Gasteiger charge is -2.02. The molecule has 2 aromatic rings. The normalized spacial score (nSPS) is 10.8. The Balaban J connectivity index is 1.96. The van der Waals surface area contributed by atoms with E-state index in [-0.39, 0.29) is 5.91 Å². The van der Waals surface area contributed by atoms with Gasteiger partial charge in [-0.15, -0.1) is 0 Å². The lowest BCUT2D eigenvalue weighted by atomic mass is 10.2. The number of aromatic nitrogens is 1. The number of amides is 1. The number of nitrogens with two attached hydrogens (primary N) is 1. The van der Waals surface area contributed by atoms with Gasteiger partial charge in [0.1, 0.15) is 5.69 Å². The van der Waals surface area contributed by atoms with Crippen LogP contribution in [0.5, 0.6) is 0 Å². The maximum atomic E-state index is 12.0. The standard InChI is InChI=1S/C15H21N3O/c1-2-3-4-5-9-17-15(19)13-10-11-7-6-8-12(16)14(11)18-13/h6-8,10,18H,2-5,9,16H2,1H3,(H,17,19). The Bertz CT molecular complexity index is 560. The van der Waals surface area contributed by atoms with Crippen LogP contribution < -0.4 is 11.1 Å². The predicted octanol–water partition coefficient (Wildman–Crippen LogP) is 3.06. The first-order valence-electron chi connectivity index (χ1n) is 6.87. The zero-order chi connectivity index (χ0) is 13.7. The van der Waals surface area contributed by atoms with Crippen LogP contribution in [0.3, 0.4) is 0 Å². The van der Waals surface area contributed by atoms with Crippen molar-refractivity contribution in [3.63, 3.8) is 0 Å². The van der Waals surface area contributed by atoms with Gasteiger partial charge in [0.25, 0.3) is 5.91 Å². The topological polar surface area (TPSA) is 70.9 Å². The molecule has 4 heteroatoms. The molecule has 0 unspecified atom stereocenters. The first kappa shape index (κ1) is 13.5. The third kappa shape index (κ3) is 3.28. The van der Waals surface area contributed by atoms with E-state index in [2.05, 4.69) is 17.2 Å². The van der Waals surface area contributed by atoms with Gasteiger partial charge in [0.15, 0.2) is 0 Å². The fourth-order valence-corrected chi connectivity index (χ4v) is 2.15. The van der Waals surface area contributed by atoms with Crippen molar-refractivity contribution in [3.05, 3.63) is 30.0 Å². The summed E-state index contributed by atoms with van der Waals surface area (Å²) in [6.07, 6.45) is 4.62. The minimum Gasteiger partial charge on any atom is -0.397 e. The van der Waals surface area contributed by atoms with Gasteiger partial charge in [-0.2, -0.15) is 0 Å². The maximum Gasteiger partial charge on any atom is 0.267 e. The second-order valence-corrected chi connectivity index (χ2v) is 4.81. The summed E-state index contributed by atoms with van der Waals surface area (Å²) in [4.78, 5) is 15.1. The van der Waals surface area contributed by atoms with Gasteiger partial charge in [0, 0.05) is 11.9 Å². The molecule has 0 aliphatic carbocycles. The number of hydrogen-bond donors (Lipinski definition) is 3. The SMILES string of the molecule is CCCCCCNC(=O)c1cc2cccc(N)c2[nH]1. The molecule has 0 aliphatic heterocycles. The molecule has 0 spiro atoms. The lowest BCUT2D eigenvalue weighted by Crippen LogP contribution is -2.24. The van der Waals surface area contributed by atoms with Gasteiger partial charge in [-0.25, -0.2) is 0 Å². The van der Waals surface area contributed by atoms with Crippen molar-refractivity contribution in [2.24, 2.45) is 0 Å². The Hall–Kier alpha value is -1.97. The van der Waals surface area contributed by atoms with Gasteiger partial charge in [-0.05, 0) is 18.6 Å². The van der Waals surface area contributed by atoms with E-state index in [1.54, 1.807) is 0 Å². The first-order valence-corrected chi connectivity index (χ1v) is 6.87. The molecule has 4 N–H and O–H groups in total. The zero-order valence-electron chi connectivity index (χ0n) is 11.3. The van der Waals surface area contributed by atoms with Crippen LogP contribution in [0.2, 0.25) is 0 Å². The van der Waals surface area contributed by atoms with E-state index in [0.29, 0.717) is 11.4 Å². The largest absolute Gasteiger partial charge is 0.397 e. The second-order valence-electron chi connectivity index (χ2n) is 4.81. The predicted molar refractivity (Wildman–Crippen MR) is 79.2 cm³/mol. The Morgan fingerprint density at radius 2 is 2.16 bits per heavy atom. The average Bonchev–Trinajstić information content (AvgIpc) is 2.84. The number of anilines is 1. The summed E-state index contributed by atoms with van der Waals surface area (Å²) in [6, 6.07) is 7.50. The Kier molecular flexibility index (Phi) is 4.44. The summed E-state index contributed by atoms with van der Waals surface area (Å²) in [7, 11) is 0. The zero-order valence-corrected chi connectivity index (χ0v) is 11.3. The number of hydrogen-bond acceptors (Lipinski definition) is 2. The van der Waals surface area contributed by atoms with Crippen LogP contribution in [0, 0.1) is 0 Å². The molecule has 1 heterocycles. The summed E-state index contributed by atoms with van der Waals surface area (Å²) in [6.45, 7) is 2.90. The quantitative estimate of drug-likeness (QED) is 0.551. The number of fused-ring (bicyclic) bond motifs is 1. The van der Waals surface area contributed by atoms with Gasteiger partial charge in [-0.3, -0.25) is 4.79 Å². The molecule has 0 fully saturated rings. The third-order valence-electron chi connectivity index (χ3n) is 3.25. The van der Waals surface area contributed by atoms with Crippen LogP contribution in [0.1, 0.15) is 43.1 Å². The van der Waals surface area contributed by atoms with E-state index in [0.717, 1.165) is 30.3 Å². The van der Waals surface area contributed by atoms with Crippen LogP contribution in [0.15, 0.2) is 24.3 Å². The number of para-hydroxylation sites is 1. The molecule has 2 rings (SSSR count). The van der Waals surface area contributed by atoms with Crippen molar-refractivity contribution in [2.45, 2.75) is 32.6 Å². The van der Waals surface area contributed by atoms with Gasteiger partial charge < -0.3 is 16.0 Å². The van der Waals surface area contributed by atoms with Gasteiger partial charge in [0.2, 0.25) is 0 Å². The number of unbranched alkanes of at least 4 members (excludes halogenated alkanes) is 3. The van der Waals surface area contributed by atoms with Crippen molar-refractivity contribution in [1.29, 1.82) is 0 Å². The third-order valence-corrected chi connectivity index (χ3v) is 3.25. The molecule has 0 bridgehead atoms. The van der Waals surface area contributed by atoms with Crippen molar-refractivity contribution in [3.8, 4) is 0 Å². The second kappa shape index (κ2) is 6.27. The van der Waals surface area contributed by atoms with E-state index in [1.165, 1.54) is 12.8 Å². The van der Waals surface area contributed by atoms with E-state index in [9.17, 15) is 4.79 Å². The van der Waals surface area contributed by atoms with Crippen LogP contribution in [0.25, 0.3) is 10.9 Å². The molecule has 1 amide bonds. The molecular weight excluding hydrogens is 238 g/mol. The van der Waals surface area contributed by atoms with E-state index in [4.69, 9.17) is 5.73 Å². The molecule has 1 aromatic heterocycles. The van der Waals surface area contributed by atoms with Gasteiger partial charge in [0.05, 0.1) is 11.2 Å². The fourth-order valence-electron chi connectivity index (χ4n) is 2.15. The molecule has 1 aromatic carbocycles. The molecule has 0 radical (unpaired) electrons. The van der Waals surface area contributed by atoms with E-state index >= 15 is 0 Å². The average molecular weight is 259 g/mol. The van der Waals surface area contributed by atoms with Crippen LogP contribution in [-0.4, -0.2) is 17.4 Å². The number of rotatable bonds is 6. The number of nitrogens with one attached hydrogen (secondary N) is 2. The molecule has 19 heavy (non-hydrogen) atoms. The molecule has 0 aliphatic rings. The Morgan fingerprint density at radius 3 is 2.89 bits per heavy atom. The van der Waals surface area contributed by atoms with Crippen LogP contribution >= 0.6 is 0 Å². The fraction of sp³-hybridized carbons (Fsp3) is 0.400. The highest BCUT2D eigenvalue weighted by atomic mass is 16.1. The Morgan fingerprint density at radius 1 is 1.32 bits per heavy atom. The Labute approximate surface area is 113 Å². The van der Waals surface area contributed by atoms with Crippen molar-refractivity contribution in [2.75, 3.05) is 12.3 Å². The summed E-state index contributed by atoms with van der Waals surface area (Å²) < 4.78 is 0. The lowest BCUT2D eigenvalue weighted by molar-refractivity contribution is 0.0949. The van der Waals surface area contributed by atoms with Gasteiger partial charge >= 0.3 is 0 Å². The minimum atomic E-state index is -0.0629. The molecular formula is C15H21N3O. The van der Waals surface area contributed by atoms with E-state index in [1.807, 2.05) is 24.3 Å². The number of benzene rings is 1. The molecule has 102 valence electrons.